The lowest BCUT2D eigenvalue weighted by Crippen LogP contribution is -2.19. The summed E-state index contributed by atoms with van der Waals surface area (Å²) in [5, 5.41) is 7.55. The topological polar surface area (TPSA) is 94.0 Å². The quantitative estimate of drug-likeness (QED) is 0.503. The van der Waals surface area contributed by atoms with Crippen molar-refractivity contribution in [2.75, 3.05) is 11.1 Å². The minimum absolute atomic E-state index is 0.0248. The normalized spacial score (nSPS) is 11.7. The second-order valence-corrected chi connectivity index (χ2v) is 9.80. The molecule has 0 aliphatic rings. The molecule has 0 fully saturated rings. The van der Waals surface area contributed by atoms with Crippen LogP contribution in [0.25, 0.3) is 15.3 Å². The first-order chi connectivity index (χ1) is 14.3. The van der Waals surface area contributed by atoms with Crippen LogP contribution in [-0.2, 0) is 9.84 Å². The molecule has 0 aliphatic carbocycles. The summed E-state index contributed by atoms with van der Waals surface area (Å²) in [6, 6.07) is 12.0. The van der Waals surface area contributed by atoms with Crippen LogP contribution in [0.2, 0.25) is 0 Å². The molecule has 30 heavy (non-hydrogen) atoms. The van der Waals surface area contributed by atoms with E-state index in [1.807, 2.05) is 0 Å². The Labute approximate surface area is 176 Å². The van der Waals surface area contributed by atoms with Crippen molar-refractivity contribution >= 4 is 43.1 Å². The van der Waals surface area contributed by atoms with Crippen molar-refractivity contribution in [2.24, 2.45) is 0 Å². The van der Waals surface area contributed by atoms with Crippen LogP contribution in [0.4, 0.5) is 10.2 Å². The van der Waals surface area contributed by atoms with Gasteiger partial charge >= 0.3 is 0 Å². The molecule has 4 aromatic rings. The minimum Gasteiger partial charge on any atom is -0.306 e. The van der Waals surface area contributed by atoms with Crippen LogP contribution in [0.1, 0.15) is 23.0 Å². The highest BCUT2D eigenvalue weighted by molar-refractivity contribution is 7.91. The molecule has 0 bridgehead atoms. The fourth-order valence-electron chi connectivity index (χ4n) is 2.98. The van der Waals surface area contributed by atoms with E-state index in [9.17, 15) is 17.6 Å². The zero-order valence-electron chi connectivity index (χ0n) is 16.1. The monoisotopic (exact) mass is 444 g/mol. The zero-order chi connectivity index (χ0) is 21.5. The van der Waals surface area contributed by atoms with Crippen molar-refractivity contribution in [3.8, 4) is 5.13 Å². The van der Waals surface area contributed by atoms with Gasteiger partial charge < -0.3 is 5.32 Å². The van der Waals surface area contributed by atoms with E-state index in [0.29, 0.717) is 26.9 Å². The predicted molar refractivity (Wildman–Crippen MR) is 114 cm³/mol. The van der Waals surface area contributed by atoms with E-state index in [4.69, 9.17) is 0 Å². The molecule has 0 unspecified atom stereocenters. The molecule has 154 valence electrons. The van der Waals surface area contributed by atoms with Crippen LogP contribution in [0.3, 0.4) is 0 Å². The molecule has 0 atom stereocenters. The number of benzene rings is 2. The first kappa shape index (κ1) is 20.2. The van der Waals surface area contributed by atoms with Gasteiger partial charge in [0.25, 0.3) is 5.91 Å². The Bertz CT molecular complexity index is 1380. The summed E-state index contributed by atoms with van der Waals surface area (Å²) in [4.78, 5) is 17.4. The standard InChI is InChI=1S/C20H17FN4O3S2/c1-3-30(27,28)17-7-5-4-6-14(17)19(26)23-18-10-12(2)24-25(18)20-22-15-9-8-13(21)11-16(15)29-20/h4-11H,3H2,1-2H3,(H,23,26). The highest BCUT2D eigenvalue weighted by Gasteiger charge is 2.22. The number of carbonyl (C=O) groups is 1. The maximum absolute atomic E-state index is 13.5. The van der Waals surface area contributed by atoms with Gasteiger partial charge in [0, 0.05) is 6.07 Å². The predicted octanol–water partition coefficient (Wildman–Crippen LogP) is 3.98. The maximum Gasteiger partial charge on any atom is 0.258 e. The third kappa shape index (κ3) is 3.71. The van der Waals surface area contributed by atoms with Crippen LogP contribution in [0.5, 0.6) is 0 Å². The van der Waals surface area contributed by atoms with E-state index >= 15 is 0 Å². The minimum atomic E-state index is -3.57. The van der Waals surface area contributed by atoms with Gasteiger partial charge in [0.2, 0.25) is 5.13 Å². The van der Waals surface area contributed by atoms with Crippen LogP contribution in [0.15, 0.2) is 53.4 Å². The number of hydrogen-bond donors (Lipinski definition) is 1. The molecule has 0 spiro atoms. The molecule has 10 heteroatoms. The second-order valence-electron chi connectivity index (χ2n) is 6.54. The molecule has 1 N–H and O–H groups in total. The number of anilines is 1. The van der Waals surface area contributed by atoms with Gasteiger partial charge in [-0.3, -0.25) is 4.79 Å². The summed E-state index contributed by atoms with van der Waals surface area (Å²) >= 11 is 1.23. The molecular weight excluding hydrogens is 427 g/mol. The van der Waals surface area contributed by atoms with Gasteiger partial charge in [0.15, 0.2) is 9.84 Å². The van der Waals surface area contributed by atoms with Crippen LogP contribution >= 0.6 is 11.3 Å². The fraction of sp³-hybridized carbons (Fsp3) is 0.150. The number of amides is 1. The number of rotatable bonds is 5. The number of halogens is 1. The lowest BCUT2D eigenvalue weighted by molar-refractivity contribution is 0.102. The number of carbonyl (C=O) groups excluding carboxylic acids is 1. The van der Waals surface area contributed by atoms with Crippen molar-refractivity contribution in [3.63, 3.8) is 0 Å². The molecule has 2 aromatic heterocycles. The number of nitrogens with one attached hydrogen (secondary N) is 1. The molecule has 7 nitrogen and oxygen atoms in total. The number of aromatic nitrogens is 3. The van der Waals surface area contributed by atoms with E-state index in [0.717, 1.165) is 0 Å². The van der Waals surface area contributed by atoms with Crippen molar-refractivity contribution in [3.05, 3.63) is 65.6 Å². The summed E-state index contributed by atoms with van der Waals surface area (Å²) in [7, 11) is -3.57. The Balaban J connectivity index is 1.73. The summed E-state index contributed by atoms with van der Waals surface area (Å²) in [6.07, 6.45) is 0. The van der Waals surface area contributed by atoms with E-state index < -0.39 is 15.7 Å². The summed E-state index contributed by atoms with van der Waals surface area (Å²) in [6.45, 7) is 3.28. The maximum atomic E-state index is 13.5. The Morgan fingerprint density at radius 3 is 2.73 bits per heavy atom. The molecule has 2 heterocycles. The van der Waals surface area contributed by atoms with Gasteiger partial charge in [-0.2, -0.15) is 9.78 Å². The molecule has 1 amide bonds. The Morgan fingerprint density at radius 1 is 1.20 bits per heavy atom. The smallest absolute Gasteiger partial charge is 0.258 e. The highest BCUT2D eigenvalue weighted by atomic mass is 32.2. The largest absolute Gasteiger partial charge is 0.306 e. The van der Waals surface area contributed by atoms with Crippen LogP contribution in [0, 0.1) is 12.7 Å². The molecule has 0 aliphatic heterocycles. The summed E-state index contributed by atoms with van der Waals surface area (Å²) in [5.74, 6) is -0.718. The second kappa shape index (κ2) is 7.62. The molecule has 2 aromatic carbocycles. The highest BCUT2D eigenvalue weighted by Crippen LogP contribution is 2.28. The number of nitrogens with zero attached hydrogens (tertiary/aromatic N) is 3. The lowest BCUT2D eigenvalue weighted by atomic mass is 10.2. The van der Waals surface area contributed by atoms with Gasteiger partial charge in [-0.15, -0.1) is 0 Å². The van der Waals surface area contributed by atoms with Gasteiger partial charge in [0.1, 0.15) is 11.6 Å². The molecule has 0 saturated carbocycles. The van der Waals surface area contributed by atoms with Crippen molar-refractivity contribution in [1.82, 2.24) is 14.8 Å². The van der Waals surface area contributed by atoms with E-state index in [1.54, 1.807) is 31.2 Å². The average molecular weight is 445 g/mol. The first-order valence-electron chi connectivity index (χ1n) is 9.05. The van der Waals surface area contributed by atoms with Crippen molar-refractivity contribution in [1.29, 1.82) is 0 Å². The fourth-order valence-corrected chi connectivity index (χ4v) is 5.02. The van der Waals surface area contributed by atoms with E-state index in [2.05, 4.69) is 15.4 Å². The first-order valence-corrected chi connectivity index (χ1v) is 11.5. The Kier molecular flexibility index (Phi) is 5.12. The number of aryl methyl sites for hydroxylation is 1. The zero-order valence-corrected chi connectivity index (χ0v) is 17.7. The molecule has 0 saturated heterocycles. The number of fused-ring (bicyclic) bond motifs is 1. The van der Waals surface area contributed by atoms with Gasteiger partial charge in [0.05, 0.1) is 32.1 Å². The Morgan fingerprint density at radius 2 is 1.97 bits per heavy atom. The third-order valence-electron chi connectivity index (χ3n) is 4.44. The number of thiazole rings is 1. The van der Waals surface area contributed by atoms with Crippen LogP contribution in [-0.4, -0.2) is 34.8 Å². The van der Waals surface area contributed by atoms with Gasteiger partial charge in [-0.05, 0) is 37.3 Å². The van der Waals surface area contributed by atoms with Crippen molar-refractivity contribution < 1.29 is 17.6 Å². The summed E-state index contributed by atoms with van der Waals surface area (Å²) in [5.41, 5.74) is 1.29. The third-order valence-corrected chi connectivity index (χ3v) is 7.22. The summed E-state index contributed by atoms with van der Waals surface area (Å²) < 4.78 is 40.3. The van der Waals surface area contributed by atoms with Crippen molar-refractivity contribution in [2.45, 2.75) is 18.7 Å². The number of sulfone groups is 1. The molecule has 0 radical (unpaired) electrons. The SMILES string of the molecule is CCS(=O)(=O)c1ccccc1C(=O)Nc1cc(C)nn1-c1nc2ccc(F)cc2s1. The Hall–Kier alpha value is -3.11. The molecular formula is C20H17FN4O3S2. The average Bonchev–Trinajstić information content (AvgIpc) is 3.30. The van der Waals surface area contributed by atoms with E-state index in [1.165, 1.54) is 47.2 Å². The molecule has 4 rings (SSSR count). The number of hydrogen-bond acceptors (Lipinski definition) is 6. The van der Waals surface area contributed by atoms with E-state index in [-0.39, 0.29) is 22.0 Å². The lowest BCUT2D eigenvalue weighted by Gasteiger charge is -2.10. The van der Waals surface area contributed by atoms with Crippen LogP contribution < -0.4 is 5.32 Å². The van der Waals surface area contributed by atoms with Gasteiger partial charge in [-0.1, -0.05) is 30.4 Å². The van der Waals surface area contributed by atoms with Gasteiger partial charge in [-0.25, -0.2) is 17.8 Å².